The summed E-state index contributed by atoms with van der Waals surface area (Å²) in [5, 5.41) is 7.99. The summed E-state index contributed by atoms with van der Waals surface area (Å²) in [5.74, 6) is 0.166. The first kappa shape index (κ1) is 15.5. The predicted molar refractivity (Wildman–Crippen MR) is 77.7 cm³/mol. The second-order valence-electron chi connectivity index (χ2n) is 4.76. The van der Waals surface area contributed by atoms with E-state index >= 15 is 0 Å². The van der Waals surface area contributed by atoms with Crippen molar-refractivity contribution in [3.63, 3.8) is 0 Å². The fraction of sp³-hybridized carbons (Fsp3) is 0.133. The van der Waals surface area contributed by atoms with Gasteiger partial charge in [0.1, 0.15) is 5.15 Å². The van der Waals surface area contributed by atoms with Gasteiger partial charge in [-0.2, -0.15) is 13.2 Å². The van der Waals surface area contributed by atoms with E-state index in [1.807, 2.05) is 0 Å². The summed E-state index contributed by atoms with van der Waals surface area (Å²) in [6.45, 7) is 1.72. The molecule has 0 bridgehead atoms. The molecule has 0 amide bonds. The Morgan fingerprint density at radius 3 is 2.48 bits per heavy atom. The van der Waals surface area contributed by atoms with Gasteiger partial charge in [0.25, 0.3) is 0 Å². The highest BCUT2D eigenvalue weighted by Gasteiger charge is 2.30. The minimum Gasteiger partial charge on any atom is -0.416 e. The lowest BCUT2D eigenvalue weighted by Gasteiger charge is -2.06. The van der Waals surface area contributed by atoms with Crippen molar-refractivity contribution in [2.75, 3.05) is 0 Å². The maximum absolute atomic E-state index is 12.8. The normalized spacial score (nSPS) is 11.7. The van der Waals surface area contributed by atoms with Crippen molar-refractivity contribution in [1.29, 1.82) is 0 Å². The van der Waals surface area contributed by atoms with Gasteiger partial charge in [0.05, 0.1) is 16.8 Å². The van der Waals surface area contributed by atoms with Crippen molar-refractivity contribution in [3.05, 3.63) is 52.8 Å². The quantitative estimate of drug-likeness (QED) is 0.630. The summed E-state index contributed by atoms with van der Waals surface area (Å²) in [6.07, 6.45) is -4.43. The average Bonchev–Trinajstić information content (AvgIpc) is 2.96. The molecule has 0 aliphatic heterocycles. The van der Waals surface area contributed by atoms with Gasteiger partial charge in [-0.3, -0.25) is 0 Å². The first-order chi connectivity index (χ1) is 10.8. The van der Waals surface area contributed by atoms with Crippen LogP contribution < -0.4 is 0 Å². The van der Waals surface area contributed by atoms with E-state index in [2.05, 4.69) is 15.2 Å². The van der Waals surface area contributed by atoms with E-state index in [0.29, 0.717) is 16.4 Å². The molecule has 2 aromatic heterocycles. The molecule has 0 spiro atoms. The number of rotatable bonds is 2. The van der Waals surface area contributed by atoms with Crippen LogP contribution >= 0.6 is 11.6 Å². The van der Waals surface area contributed by atoms with Gasteiger partial charge in [0, 0.05) is 5.56 Å². The summed E-state index contributed by atoms with van der Waals surface area (Å²) in [6, 6.07) is 7.93. The molecular formula is C15H9ClF3N3O. The highest BCUT2D eigenvalue weighted by Crippen LogP contribution is 2.32. The molecule has 3 aromatic rings. The topological polar surface area (TPSA) is 51.8 Å². The number of hydrogen-bond acceptors (Lipinski definition) is 4. The van der Waals surface area contributed by atoms with Crippen molar-refractivity contribution in [1.82, 2.24) is 15.2 Å². The molecule has 0 aliphatic rings. The maximum atomic E-state index is 12.8. The van der Waals surface area contributed by atoms with Crippen LogP contribution in [-0.2, 0) is 6.18 Å². The molecule has 0 radical (unpaired) electrons. The Morgan fingerprint density at radius 2 is 1.78 bits per heavy atom. The smallest absolute Gasteiger partial charge is 0.416 e. The van der Waals surface area contributed by atoms with Crippen LogP contribution in [0.5, 0.6) is 0 Å². The zero-order valence-corrected chi connectivity index (χ0v) is 12.5. The first-order valence-electron chi connectivity index (χ1n) is 6.49. The molecule has 0 N–H and O–H groups in total. The molecule has 0 fully saturated rings. The zero-order valence-electron chi connectivity index (χ0n) is 11.7. The molecule has 0 unspecified atom stereocenters. The lowest BCUT2D eigenvalue weighted by atomic mass is 10.1. The fourth-order valence-electron chi connectivity index (χ4n) is 2.03. The lowest BCUT2D eigenvalue weighted by molar-refractivity contribution is -0.137. The molecule has 4 nitrogen and oxygen atoms in total. The van der Waals surface area contributed by atoms with Crippen molar-refractivity contribution in [3.8, 4) is 22.9 Å². The molecule has 118 valence electrons. The summed E-state index contributed by atoms with van der Waals surface area (Å²) in [5.41, 5.74) is 0.564. The second kappa shape index (κ2) is 5.66. The average molecular weight is 340 g/mol. The van der Waals surface area contributed by atoms with E-state index in [1.165, 1.54) is 12.1 Å². The number of pyridine rings is 1. The van der Waals surface area contributed by atoms with E-state index in [-0.39, 0.29) is 17.3 Å². The third-order valence-electron chi connectivity index (χ3n) is 3.14. The number of aryl methyl sites for hydroxylation is 1. The number of aromatic nitrogens is 3. The fourth-order valence-corrected chi connectivity index (χ4v) is 2.22. The molecule has 3 rings (SSSR count). The van der Waals surface area contributed by atoms with E-state index in [9.17, 15) is 13.2 Å². The zero-order chi connectivity index (χ0) is 16.6. The monoisotopic (exact) mass is 339 g/mol. The van der Waals surface area contributed by atoms with Crippen LogP contribution in [0.3, 0.4) is 0 Å². The van der Waals surface area contributed by atoms with E-state index in [4.69, 9.17) is 16.0 Å². The van der Waals surface area contributed by atoms with Crippen LogP contribution in [0.15, 0.2) is 40.8 Å². The molecule has 1 aromatic carbocycles. The maximum Gasteiger partial charge on any atom is 0.416 e. The number of halogens is 4. The van der Waals surface area contributed by atoms with Crippen LogP contribution in [0.25, 0.3) is 22.9 Å². The molecule has 0 saturated heterocycles. The molecule has 23 heavy (non-hydrogen) atoms. The van der Waals surface area contributed by atoms with Gasteiger partial charge >= 0.3 is 6.18 Å². The Kier molecular flexibility index (Phi) is 3.81. The van der Waals surface area contributed by atoms with Crippen LogP contribution in [0.2, 0.25) is 5.15 Å². The predicted octanol–water partition coefficient (Wildman–Crippen LogP) is 4.78. The Hall–Kier alpha value is -2.41. The highest BCUT2D eigenvalue weighted by molar-refractivity contribution is 6.29. The highest BCUT2D eigenvalue weighted by atomic mass is 35.5. The summed E-state index contributed by atoms with van der Waals surface area (Å²) in [4.78, 5) is 4.07. The standard InChI is InChI=1S/C15H9ClF3N3O/c1-8-11(5-6-12(16)20-8)14-22-21-13(23-14)9-3-2-4-10(7-9)15(17,18)19/h2-7H,1H3. The minimum atomic E-state index is -4.43. The first-order valence-corrected chi connectivity index (χ1v) is 6.87. The Morgan fingerprint density at radius 1 is 1.04 bits per heavy atom. The van der Waals surface area contributed by atoms with Crippen molar-refractivity contribution < 1.29 is 17.6 Å². The van der Waals surface area contributed by atoms with Gasteiger partial charge in [-0.1, -0.05) is 17.7 Å². The van der Waals surface area contributed by atoms with Gasteiger partial charge < -0.3 is 4.42 Å². The third kappa shape index (κ3) is 3.19. The molecular weight excluding hydrogens is 331 g/mol. The molecule has 0 saturated carbocycles. The lowest BCUT2D eigenvalue weighted by Crippen LogP contribution is -2.04. The van der Waals surface area contributed by atoms with Gasteiger partial charge in [-0.05, 0) is 37.3 Å². The van der Waals surface area contributed by atoms with Crippen molar-refractivity contribution in [2.24, 2.45) is 0 Å². The Balaban J connectivity index is 1.99. The van der Waals surface area contributed by atoms with Gasteiger partial charge in [-0.25, -0.2) is 4.98 Å². The summed E-state index contributed by atoms with van der Waals surface area (Å²) < 4.78 is 43.7. The van der Waals surface area contributed by atoms with Gasteiger partial charge in [0.15, 0.2) is 0 Å². The molecule has 2 heterocycles. The second-order valence-corrected chi connectivity index (χ2v) is 5.15. The van der Waals surface area contributed by atoms with Gasteiger partial charge in [0.2, 0.25) is 11.8 Å². The largest absolute Gasteiger partial charge is 0.416 e. The van der Waals surface area contributed by atoms with Crippen LogP contribution in [0.1, 0.15) is 11.3 Å². The van der Waals surface area contributed by atoms with Crippen LogP contribution in [-0.4, -0.2) is 15.2 Å². The van der Waals surface area contributed by atoms with Gasteiger partial charge in [-0.15, -0.1) is 10.2 Å². The number of nitrogens with zero attached hydrogens (tertiary/aromatic N) is 3. The van der Waals surface area contributed by atoms with E-state index in [0.717, 1.165) is 12.1 Å². The minimum absolute atomic E-state index is 0.000417. The molecule has 0 atom stereocenters. The third-order valence-corrected chi connectivity index (χ3v) is 3.35. The molecule has 0 aliphatic carbocycles. The van der Waals surface area contributed by atoms with Crippen LogP contribution in [0, 0.1) is 6.92 Å². The van der Waals surface area contributed by atoms with E-state index < -0.39 is 11.7 Å². The summed E-state index contributed by atoms with van der Waals surface area (Å²) in [7, 11) is 0. The Bertz CT molecular complexity index is 861. The van der Waals surface area contributed by atoms with Crippen molar-refractivity contribution in [2.45, 2.75) is 13.1 Å². The van der Waals surface area contributed by atoms with E-state index in [1.54, 1.807) is 19.1 Å². The SMILES string of the molecule is Cc1nc(Cl)ccc1-c1nnc(-c2cccc(C(F)(F)F)c2)o1. The van der Waals surface area contributed by atoms with Crippen LogP contribution in [0.4, 0.5) is 13.2 Å². The number of benzene rings is 1. The molecule has 8 heteroatoms. The summed E-state index contributed by atoms with van der Waals surface area (Å²) >= 11 is 5.78. The van der Waals surface area contributed by atoms with Crippen molar-refractivity contribution >= 4 is 11.6 Å². The Labute approximate surface area is 133 Å². The number of alkyl halides is 3. The number of hydrogen-bond donors (Lipinski definition) is 0.